The van der Waals surface area contributed by atoms with Crippen molar-refractivity contribution in [2.75, 3.05) is 26.2 Å². The minimum Gasteiger partial charge on any atom is -0.456 e. The molecule has 0 aliphatic carbocycles. The predicted octanol–water partition coefficient (Wildman–Crippen LogP) is 4.52. The van der Waals surface area contributed by atoms with Crippen LogP contribution < -0.4 is 10.6 Å². The molecule has 4 aliphatic rings. The zero-order valence-corrected chi connectivity index (χ0v) is 30.1. The second-order valence-corrected chi connectivity index (χ2v) is 14.1. The highest BCUT2D eigenvalue weighted by atomic mass is 16.7. The molecule has 2 N–H and O–H groups in total. The normalized spacial score (nSPS) is 32.6. The fourth-order valence-corrected chi connectivity index (χ4v) is 6.81. The van der Waals surface area contributed by atoms with E-state index < -0.39 is 29.9 Å². The van der Waals surface area contributed by atoms with Gasteiger partial charge in [0.05, 0.1) is 37.4 Å². The third kappa shape index (κ3) is 11.7. The van der Waals surface area contributed by atoms with Gasteiger partial charge in [0.15, 0.2) is 6.10 Å². The minimum absolute atomic E-state index is 0.0230. The molecule has 0 bridgehead atoms. The van der Waals surface area contributed by atoms with Gasteiger partial charge in [-0.3, -0.25) is 14.4 Å². The van der Waals surface area contributed by atoms with Crippen LogP contribution in [0, 0.1) is 5.92 Å². The number of esters is 1. The van der Waals surface area contributed by atoms with Crippen LogP contribution in [-0.4, -0.2) is 103 Å². The quantitative estimate of drug-likeness (QED) is 0.124. The third-order valence-electron chi connectivity index (χ3n) is 9.72. The SMILES string of the molecule is CCCNC(=O)C[C@@H]1C[C@@]2(CO2)[C@H](OC(C)=O)[C@@H](C=CC(C)=CC[C@@H]2O[C@H](C)[C@H](NC(=O)C=C[C@H](C)OC(=O)N3CCCCC3)C[C@@H]2C)O1. The molecule has 0 aromatic rings. The molecule has 4 rings (SSSR count). The molecule has 4 saturated heterocycles. The summed E-state index contributed by atoms with van der Waals surface area (Å²) in [5.41, 5.74) is 0.367. The molecule has 0 saturated carbocycles. The standard InChI is InChI=1S/C37H57N3O9/c1-7-17-38-34(43)21-29-22-37(23-45-37)35(48-28(6)41)32(49-29)15-12-24(2)11-14-31-25(3)20-30(27(5)47-31)39-33(42)16-13-26(4)46-36(44)40-18-9-8-10-19-40/h11-13,15-16,25-27,29-32,35H,7-10,14,17-23H2,1-6H3,(H,38,43)(H,39,42)/t25-,26-,27+,29+,30+,31-,32+,35+,37+/m0/s1. The Morgan fingerprint density at radius 2 is 1.80 bits per heavy atom. The van der Waals surface area contributed by atoms with E-state index in [9.17, 15) is 19.2 Å². The fourth-order valence-electron chi connectivity index (χ4n) is 6.81. The number of ether oxygens (including phenoxy) is 5. The second kappa shape index (κ2) is 18.1. The van der Waals surface area contributed by atoms with Gasteiger partial charge in [0.25, 0.3) is 0 Å². The number of hydrogen-bond acceptors (Lipinski definition) is 9. The molecule has 9 atom stereocenters. The second-order valence-electron chi connectivity index (χ2n) is 14.1. The van der Waals surface area contributed by atoms with Gasteiger partial charge in [-0.25, -0.2) is 4.79 Å². The van der Waals surface area contributed by atoms with Crippen LogP contribution in [0.4, 0.5) is 4.79 Å². The highest BCUT2D eigenvalue weighted by Crippen LogP contribution is 2.45. The van der Waals surface area contributed by atoms with E-state index in [-0.39, 0.29) is 54.6 Å². The molecule has 0 aromatic heterocycles. The van der Waals surface area contributed by atoms with Gasteiger partial charge in [-0.05, 0) is 71.3 Å². The Morgan fingerprint density at radius 1 is 1.06 bits per heavy atom. The molecule has 3 amide bonds. The van der Waals surface area contributed by atoms with Crippen LogP contribution in [0.25, 0.3) is 0 Å². The van der Waals surface area contributed by atoms with Gasteiger partial charge in [-0.15, -0.1) is 0 Å². The number of carbonyl (C=O) groups is 4. The highest BCUT2D eigenvalue weighted by Gasteiger charge is 2.60. The van der Waals surface area contributed by atoms with Crippen LogP contribution in [0.2, 0.25) is 0 Å². The van der Waals surface area contributed by atoms with Gasteiger partial charge in [-0.1, -0.05) is 37.6 Å². The number of nitrogens with zero attached hydrogens (tertiary/aromatic N) is 1. The van der Waals surface area contributed by atoms with E-state index in [0.29, 0.717) is 39.1 Å². The van der Waals surface area contributed by atoms with Crippen molar-refractivity contribution in [3.63, 3.8) is 0 Å². The van der Waals surface area contributed by atoms with Gasteiger partial charge >= 0.3 is 12.1 Å². The first-order valence-electron chi connectivity index (χ1n) is 18.1. The summed E-state index contributed by atoms with van der Waals surface area (Å²) in [4.78, 5) is 51.1. The maximum Gasteiger partial charge on any atom is 0.410 e. The third-order valence-corrected chi connectivity index (χ3v) is 9.72. The van der Waals surface area contributed by atoms with E-state index in [0.717, 1.165) is 37.7 Å². The molecule has 4 aliphatic heterocycles. The first-order valence-corrected chi connectivity index (χ1v) is 18.1. The number of rotatable bonds is 13. The number of hydrogen-bond donors (Lipinski definition) is 2. The molecule has 49 heavy (non-hydrogen) atoms. The number of likely N-dealkylation sites (tertiary alicyclic amines) is 1. The van der Waals surface area contributed by atoms with E-state index in [4.69, 9.17) is 23.7 Å². The lowest BCUT2D eigenvalue weighted by Gasteiger charge is -2.39. The van der Waals surface area contributed by atoms with Crippen LogP contribution in [0.1, 0.15) is 92.9 Å². The van der Waals surface area contributed by atoms with Crippen molar-refractivity contribution in [2.45, 2.75) is 141 Å². The number of nitrogens with one attached hydrogen (secondary N) is 2. The Labute approximate surface area is 291 Å². The first kappa shape index (κ1) is 38.6. The number of piperidine rings is 1. The van der Waals surface area contributed by atoms with Gasteiger partial charge < -0.3 is 39.2 Å². The number of amides is 3. The number of epoxide rings is 1. The Kier molecular flexibility index (Phi) is 14.3. The fraction of sp³-hybridized carbons (Fsp3) is 0.730. The minimum atomic E-state index is -0.632. The molecule has 0 unspecified atom stereocenters. The van der Waals surface area contributed by atoms with E-state index >= 15 is 0 Å². The lowest BCUT2D eigenvalue weighted by molar-refractivity contribution is -0.179. The van der Waals surface area contributed by atoms with Crippen molar-refractivity contribution in [3.05, 3.63) is 36.0 Å². The lowest BCUT2D eigenvalue weighted by Crippen LogP contribution is -2.52. The molecule has 274 valence electrons. The van der Waals surface area contributed by atoms with Crippen molar-refractivity contribution in [1.29, 1.82) is 0 Å². The lowest BCUT2D eigenvalue weighted by atomic mass is 9.87. The molecule has 0 aromatic carbocycles. The smallest absolute Gasteiger partial charge is 0.410 e. The van der Waals surface area contributed by atoms with Crippen LogP contribution in [0.15, 0.2) is 36.0 Å². The average molecular weight is 688 g/mol. The molecule has 12 nitrogen and oxygen atoms in total. The van der Waals surface area contributed by atoms with E-state index in [1.54, 1.807) is 17.9 Å². The average Bonchev–Trinajstić information content (AvgIpc) is 3.83. The van der Waals surface area contributed by atoms with E-state index in [1.165, 1.54) is 13.0 Å². The summed E-state index contributed by atoms with van der Waals surface area (Å²) in [6.07, 6.45) is 12.6. The van der Waals surface area contributed by atoms with Crippen molar-refractivity contribution in [2.24, 2.45) is 5.92 Å². The van der Waals surface area contributed by atoms with Crippen LogP contribution in [0.5, 0.6) is 0 Å². The summed E-state index contributed by atoms with van der Waals surface area (Å²) < 4.78 is 29.6. The summed E-state index contributed by atoms with van der Waals surface area (Å²) in [7, 11) is 0. The first-order chi connectivity index (χ1) is 23.4. The van der Waals surface area contributed by atoms with Crippen molar-refractivity contribution in [1.82, 2.24) is 15.5 Å². The summed E-state index contributed by atoms with van der Waals surface area (Å²) in [6, 6.07) is -0.143. The summed E-state index contributed by atoms with van der Waals surface area (Å²) in [6.45, 7) is 13.7. The Balaban J connectivity index is 1.27. The Hall–Kier alpha value is -3.22. The van der Waals surface area contributed by atoms with Gasteiger partial charge in [-0.2, -0.15) is 0 Å². The molecular weight excluding hydrogens is 630 g/mol. The monoisotopic (exact) mass is 687 g/mol. The Bertz CT molecular complexity index is 1240. The van der Waals surface area contributed by atoms with E-state index in [2.05, 4.69) is 23.6 Å². The van der Waals surface area contributed by atoms with Gasteiger partial charge in [0, 0.05) is 39.1 Å². The summed E-state index contributed by atoms with van der Waals surface area (Å²) in [5.74, 6) is -0.516. The molecule has 4 heterocycles. The zero-order chi connectivity index (χ0) is 35.6. The maximum atomic E-state index is 12.7. The highest BCUT2D eigenvalue weighted by molar-refractivity contribution is 5.87. The van der Waals surface area contributed by atoms with Crippen LogP contribution in [0.3, 0.4) is 0 Å². The summed E-state index contributed by atoms with van der Waals surface area (Å²) >= 11 is 0. The number of carbonyl (C=O) groups excluding carboxylic acids is 4. The van der Waals surface area contributed by atoms with Gasteiger partial charge in [0.1, 0.15) is 17.8 Å². The van der Waals surface area contributed by atoms with E-state index in [1.807, 2.05) is 32.9 Å². The molecule has 4 fully saturated rings. The maximum absolute atomic E-state index is 12.7. The van der Waals surface area contributed by atoms with Crippen molar-refractivity contribution in [3.8, 4) is 0 Å². The predicted molar refractivity (Wildman–Crippen MR) is 184 cm³/mol. The molecule has 1 spiro atoms. The Morgan fingerprint density at radius 3 is 2.47 bits per heavy atom. The van der Waals surface area contributed by atoms with Crippen LogP contribution in [-0.2, 0) is 38.1 Å². The van der Waals surface area contributed by atoms with Crippen molar-refractivity contribution < 1.29 is 42.9 Å². The molecular formula is C37H57N3O9. The molecule has 0 radical (unpaired) electrons. The zero-order valence-electron chi connectivity index (χ0n) is 30.1. The van der Waals surface area contributed by atoms with Crippen molar-refractivity contribution >= 4 is 23.9 Å². The topological polar surface area (TPSA) is 145 Å². The van der Waals surface area contributed by atoms with Gasteiger partial charge in [0.2, 0.25) is 11.8 Å². The molecule has 12 heteroatoms. The number of allylic oxidation sites excluding steroid dienone is 2. The van der Waals surface area contributed by atoms with Crippen LogP contribution >= 0.6 is 0 Å². The summed E-state index contributed by atoms with van der Waals surface area (Å²) in [5, 5.41) is 5.96. The largest absolute Gasteiger partial charge is 0.456 e.